The Bertz CT molecular complexity index is 849. The van der Waals surface area contributed by atoms with Crippen LogP contribution in [0.2, 0.25) is 10.0 Å². The van der Waals surface area contributed by atoms with E-state index in [4.69, 9.17) is 32.7 Å². The van der Waals surface area contributed by atoms with E-state index < -0.39 is 5.97 Å². The van der Waals surface area contributed by atoms with Gasteiger partial charge in [0, 0.05) is 40.1 Å². The van der Waals surface area contributed by atoms with E-state index in [1.165, 1.54) is 18.2 Å². The lowest BCUT2D eigenvalue weighted by molar-refractivity contribution is 0.0474. The minimum atomic E-state index is -0.638. The Morgan fingerprint density at radius 2 is 1.89 bits per heavy atom. The number of hydrogen-bond donors (Lipinski definition) is 0. The van der Waals surface area contributed by atoms with Gasteiger partial charge in [-0.15, -0.1) is 0 Å². The average molecular weight is 410 g/mol. The van der Waals surface area contributed by atoms with Crippen LogP contribution in [0.5, 0.6) is 0 Å². The molecule has 2 aromatic rings. The zero-order valence-electron chi connectivity index (χ0n) is 15.3. The maximum Gasteiger partial charge on any atom is 0.338 e. The van der Waals surface area contributed by atoms with E-state index in [0.717, 1.165) is 37.4 Å². The fourth-order valence-corrected chi connectivity index (χ4v) is 3.85. The summed E-state index contributed by atoms with van der Waals surface area (Å²) in [6.45, 7) is 5.03. The smallest absolute Gasteiger partial charge is 0.338 e. The van der Waals surface area contributed by atoms with E-state index >= 15 is 0 Å². The van der Waals surface area contributed by atoms with Crippen LogP contribution in [0.15, 0.2) is 24.3 Å². The Balaban J connectivity index is 1.66. The number of Topliss-reactive ketones (excluding diaryl/α,β-unsaturated/α-hetero) is 1. The molecule has 1 aliphatic heterocycles. The summed E-state index contributed by atoms with van der Waals surface area (Å²) in [7, 11) is 0. The van der Waals surface area contributed by atoms with Crippen LogP contribution < -0.4 is 0 Å². The van der Waals surface area contributed by atoms with Crippen molar-refractivity contribution in [1.82, 2.24) is 4.57 Å². The van der Waals surface area contributed by atoms with Crippen molar-refractivity contribution in [2.24, 2.45) is 0 Å². The zero-order chi connectivity index (χ0) is 19.6. The van der Waals surface area contributed by atoms with Gasteiger partial charge in [0.25, 0.3) is 0 Å². The van der Waals surface area contributed by atoms with Crippen LogP contribution in [0.4, 0.5) is 0 Å². The fourth-order valence-electron chi connectivity index (χ4n) is 3.32. The van der Waals surface area contributed by atoms with Crippen molar-refractivity contribution in [2.45, 2.75) is 39.3 Å². The van der Waals surface area contributed by atoms with Crippen molar-refractivity contribution in [3.8, 4) is 0 Å². The molecule has 0 spiro atoms. The number of halogens is 2. The number of aryl methyl sites for hydroxylation is 1. The number of benzene rings is 1. The number of ether oxygens (including phenoxy) is 2. The number of hydrogen-bond acceptors (Lipinski definition) is 4. The number of carbonyl (C=O) groups is 2. The van der Waals surface area contributed by atoms with Crippen molar-refractivity contribution in [3.63, 3.8) is 0 Å². The first-order valence-electron chi connectivity index (χ1n) is 8.80. The van der Waals surface area contributed by atoms with Crippen LogP contribution >= 0.6 is 23.2 Å². The molecule has 0 radical (unpaired) electrons. The molecule has 0 bridgehead atoms. The summed E-state index contributed by atoms with van der Waals surface area (Å²) in [6.07, 6.45) is 2.28. The molecular formula is C20H21Cl2NO4. The number of rotatable bonds is 6. The normalized spacial score (nSPS) is 16.5. The van der Waals surface area contributed by atoms with Crippen molar-refractivity contribution >= 4 is 35.0 Å². The highest BCUT2D eigenvalue weighted by atomic mass is 35.5. The van der Waals surface area contributed by atoms with Crippen molar-refractivity contribution < 1.29 is 19.1 Å². The van der Waals surface area contributed by atoms with E-state index in [0.29, 0.717) is 15.6 Å². The first kappa shape index (κ1) is 19.9. The van der Waals surface area contributed by atoms with Crippen LogP contribution in [0, 0.1) is 13.8 Å². The molecule has 1 aliphatic rings. The third-order valence-corrected chi connectivity index (χ3v) is 5.15. The third kappa shape index (κ3) is 4.72. The standard InChI is InChI=1S/C20H21Cl2NO4/c1-12-6-18(13(2)23(12)10-17-4-3-5-26-17)19(24)11-27-20(25)14-7-15(21)9-16(22)8-14/h6-9,17H,3-5,10-11H2,1-2H3/t17-/m0/s1. The highest BCUT2D eigenvalue weighted by molar-refractivity contribution is 6.35. The lowest BCUT2D eigenvalue weighted by Gasteiger charge is -2.14. The van der Waals surface area contributed by atoms with E-state index in [2.05, 4.69) is 4.57 Å². The average Bonchev–Trinajstić information content (AvgIpc) is 3.22. The molecule has 2 heterocycles. The van der Waals surface area contributed by atoms with Gasteiger partial charge in [0.05, 0.1) is 11.7 Å². The summed E-state index contributed by atoms with van der Waals surface area (Å²) in [5.74, 6) is -0.885. The van der Waals surface area contributed by atoms with Gasteiger partial charge in [-0.1, -0.05) is 23.2 Å². The van der Waals surface area contributed by atoms with E-state index in [1.807, 2.05) is 19.9 Å². The minimum absolute atomic E-state index is 0.183. The highest BCUT2D eigenvalue weighted by Gasteiger charge is 2.22. The first-order valence-corrected chi connectivity index (χ1v) is 9.55. The topological polar surface area (TPSA) is 57.5 Å². The quantitative estimate of drug-likeness (QED) is 0.515. The van der Waals surface area contributed by atoms with Crippen LogP contribution in [-0.4, -0.2) is 35.6 Å². The minimum Gasteiger partial charge on any atom is -0.454 e. The summed E-state index contributed by atoms with van der Waals surface area (Å²) in [5, 5.41) is 0.664. The van der Waals surface area contributed by atoms with Gasteiger partial charge in [0.2, 0.25) is 5.78 Å². The number of ketones is 1. The Morgan fingerprint density at radius 3 is 2.52 bits per heavy atom. The zero-order valence-corrected chi connectivity index (χ0v) is 16.8. The van der Waals surface area contributed by atoms with Crippen LogP contribution in [0.1, 0.15) is 44.9 Å². The molecule has 5 nitrogen and oxygen atoms in total. The van der Waals surface area contributed by atoms with Gasteiger partial charge in [-0.2, -0.15) is 0 Å². The van der Waals surface area contributed by atoms with Crippen molar-refractivity contribution in [3.05, 3.63) is 56.8 Å². The van der Waals surface area contributed by atoms with Crippen LogP contribution in [-0.2, 0) is 16.0 Å². The maximum atomic E-state index is 12.6. The number of carbonyl (C=O) groups excluding carboxylic acids is 2. The molecule has 1 aromatic carbocycles. The third-order valence-electron chi connectivity index (χ3n) is 4.72. The molecule has 1 atom stereocenters. The summed E-state index contributed by atoms with van der Waals surface area (Å²) in [5.41, 5.74) is 2.61. The lowest BCUT2D eigenvalue weighted by Crippen LogP contribution is -2.18. The SMILES string of the molecule is Cc1cc(C(=O)COC(=O)c2cc(Cl)cc(Cl)c2)c(C)n1C[C@@H]1CCCO1. The van der Waals surface area contributed by atoms with Gasteiger partial charge >= 0.3 is 5.97 Å². The summed E-state index contributed by atoms with van der Waals surface area (Å²) in [4.78, 5) is 24.7. The van der Waals surface area contributed by atoms with Gasteiger partial charge in [-0.25, -0.2) is 4.79 Å². The molecule has 1 fully saturated rings. The Morgan fingerprint density at radius 1 is 1.19 bits per heavy atom. The Hall–Kier alpha value is -1.82. The predicted octanol–water partition coefficient (Wildman–Crippen LogP) is 4.63. The molecule has 0 unspecified atom stereocenters. The molecule has 144 valence electrons. The first-order chi connectivity index (χ1) is 12.8. The summed E-state index contributed by atoms with van der Waals surface area (Å²) in [6, 6.07) is 6.26. The second-order valence-corrected chi connectivity index (χ2v) is 7.56. The summed E-state index contributed by atoms with van der Waals surface area (Å²) >= 11 is 11.8. The van der Waals surface area contributed by atoms with E-state index in [9.17, 15) is 9.59 Å². The molecule has 1 aromatic heterocycles. The monoisotopic (exact) mass is 409 g/mol. The molecule has 0 amide bonds. The molecular weight excluding hydrogens is 389 g/mol. The molecule has 0 aliphatic carbocycles. The van der Waals surface area contributed by atoms with Crippen LogP contribution in [0.25, 0.3) is 0 Å². The number of esters is 1. The highest BCUT2D eigenvalue weighted by Crippen LogP contribution is 2.22. The van der Waals surface area contributed by atoms with Crippen LogP contribution in [0.3, 0.4) is 0 Å². The molecule has 1 saturated heterocycles. The van der Waals surface area contributed by atoms with E-state index in [1.54, 1.807) is 0 Å². The van der Waals surface area contributed by atoms with Crippen molar-refractivity contribution in [2.75, 3.05) is 13.2 Å². The van der Waals surface area contributed by atoms with Gasteiger partial charge in [-0.05, 0) is 51.0 Å². The molecule has 0 saturated carbocycles. The van der Waals surface area contributed by atoms with Gasteiger partial charge in [-0.3, -0.25) is 4.79 Å². The predicted molar refractivity (Wildman–Crippen MR) is 104 cm³/mol. The van der Waals surface area contributed by atoms with E-state index in [-0.39, 0.29) is 24.1 Å². The lowest BCUT2D eigenvalue weighted by atomic mass is 10.1. The molecule has 3 rings (SSSR count). The Kier molecular flexibility index (Phi) is 6.25. The van der Waals surface area contributed by atoms with Gasteiger partial charge in [0.15, 0.2) is 6.61 Å². The Labute approximate surface area is 168 Å². The summed E-state index contributed by atoms with van der Waals surface area (Å²) < 4.78 is 12.9. The largest absolute Gasteiger partial charge is 0.454 e. The molecule has 27 heavy (non-hydrogen) atoms. The second kappa shape index (κ2) is 8.46. The maximum absolute atomic E-state index is 12.6. The van der Waals surface area contributed by atoms with Crippen molar-refractivity contribution in [1.29, 1.82) is 0 Å². The van der Waals surface area contributed by atoms with Gasteiger partial charge in [0.1, 0.15) is 0 Å². The molecule has 0 N–H and O–H groups in total. The van der Waals surface area contributed by atoms with Gasteiger partial charge < -0.3 is 14.0 Å². The molecule has 7 heteroatoms. The second-order valence-electron chi connectivity index (χ2n) is 6.69. The number of aromatic nitrogens is 1. The number of nitrogens with zero attached hydrogens (tertiary/aromatic N) is 1. The fraction of sp³-hybridized carbons (Fsp3) is 0.400.